The Balaban J connectivity index is 2.09. The summed E-state index contributed by atoms with van der Waals surface area (Å²) in [5.74, 6) is -1.17. The van der Waals surface area contributed by atoms with Gasteiger partial charge < -0.3 is 15.0 Å². The van der Waals surface area contributed by atoms with Gasteiger partial charge in [-0.15, -0.1) is 0 Å². The van der Waals surface area contributed by atoms with Gasteiger partial charge in [-0.25, -0.2) is 12.8 Å². The first-order chi connectivity index (χ1) is 20.4. The summed E-state index contributed by atoms with van der Waals surface area (Å²) in [4.78, 5) is 28.7. The number of ether oxygens (including phenoxy) is 1. The third kappa shape index (κ3) is 8.61. The molecule has 0 fully saturated rings. The van der Waals surface area contributed by atoms with Crippen LogP contribution in [0.1, 0.15) is 46.1 Å². The Bertz CT molecular complexity index is 1480. The summed E-state index contributed by atoms with van der Waals surface area (Å²) in [6.07, 6.45) is 0.906. The van der Waals surface area contributed by atoms with Gasteiger partial charge in [-0.2, -0.15) is 0 Å². The standard InChI is InChI=1S/C31H36Cl2FN3O5S/c1-5-21(4)35-31(39)29(6-2)36(19-26-27(32)9-8-10-28(26)33)30(38)20-37(23-13-11-22(34)12-14-23)43(40,41)25-17-15-24(16-18-25)42-7-3/h8-18,21,29H,5-7,19-20H2,1-4H3,(H,35,39)/t21-,29+/m0/s1. The number of carbonyl (C=O) groups is 2. The van der Waals surface area contributed by atoms with E-state index in [0.29, 0.717) is 34.4 Å². The van der Waals surface area contributed by atoms with Gasteiger partial charge in [-0.1, -0.05) is 43.1 Å². The number of halogens is 3. The van der Waals surface area contributed by atoms with Gasteiger partial charge in [-0.05, 0) is 87.4 Å². The zero-order valence-electron chi connectivity index (χ0n) is 24.5. The molecule has 0 unspecified atom stereocenters. The Labute approximate surface area is 262 Å². The maximum absolute atomic E-state index is 14.2. The van der Waals surface area contributed by atoms with Crippen LogP contribution in [0.5, 0.6) is 5.75 Å². The number of benzene rings is 3. The van der Waals surface area contributed by atoms with Crippen LogP contribution in [0.15, 0.2) is 71.6 Å². The van der Waals surface area contributed by atoms with E-state index in [2.05, 4.69) is 5.32 Å². The van der Waals surface area contributed by atoms with E-state index in [1.807, 2.05) is 13.8 Å². The molecular formula is C31H36Cl2FN3O5S. The van der Waals surface area contributed by atoms with Gasteiger partial charge >= 0.3 is 0 Å². The minimum Gasteiger partial charge on any atom is -0.494 e. The van der Waals surface area contributed by atoms with Crippen LogP contribution in [-0.2, 0) is 26.2 Å². The highest BCUT2D eigenvalue weighted by molar-refractivity contribution is 7.92. The van der Waals surface area contributed by atoms with Crippen LogP contribution in [0, 0.1) is 5.82 Å². The third-order valence-corrected chi connectivity index (χ3v) is 9.39. The Kier molecular flexibility index (Phi) is 12.2. The predicted molar refractivity (Wildman–Crippen MR) is 168 cm³/mol. The Morgan fingerprint density at radius 1 is 0.930 bits per heavy atom. The second-order valence-corrected chi connectivity index (χ2v) is 12.5. The summed E-state index contributed by atoms with van der Waals surface area (Å²) < 4.78 is 48.1. The first kappa shape index (κ1) is 34.2. The monoisotopic (exact) mass is 651 g/mol. The molecule has 0 spiro atoms. The average molecular weight is 653 g/mol. The molecule has 1 N–H and O–H groups in total. The van der Waals surface area contributed by atoms with E-state index < -0.39 is 40.2 Å². The van der Waals surface area contributed by atoms with Crippen molar-refractivity contribution in [3.8, 4) is 5.75 Å². The van der Waals surface area contributed by atoms with E-state index in [4.69, 9.17) is 27.9 Å². The SMILES string of the molecule is CCOc1ccc(S(=O)(=O)N(CC(=O)N(Cc2c(Cl)cccc2Cl)[C@H](CC)C(=O)N[C@@H](C)CC)c2ccc(F)cc2)cc1. The lowest BCUT2D eigenvalue weighted by atomic mass is 10.1. The predicted octanol–water partition coefficient (Wildman–Crippen LogP) is 6.45. The molecule has 0 aliphatic carbocycles. The average Bonchev–Trinajstić information content (AvgIpc) is 2.98. The molecule has 43 heavy (non-hydrogen) atoms. The highest BCUT2D eigenvalue weighted by Gasteiger charge is 2.34. The lowest BCUT2D eigenvalue weighted by Gasteiger charge is -2.34. The van der Waals surface area contributed by atoms with Gasteiger partial charge in [0.2, 0.25) is 11.8 Å². The number of carbonyl (C=O) groups excluding carboxylic acids is 2. The minimum atomic E-state index is -4.34. The van der Waals surface area contributed by atoms with Crippen molar-refractivity contribution in [2.24, 2.45) is 0 Å². The highest BCUT2D eigenvalue weighted by Crippen LogP contribution is 2.29. The molecule has 0 bridgehead atoms. The summed E-state index contributed by atoms with van der Waals surface area (Å²) in [5, 5.41) is 3.49. The fourth-order valence-corrected chi connectivity index (χ4v) is 6.28. The smallest absolute Gasteiger partial charge is 0.264 e. The number of hydrogen-bond acceptors (Lipinski definition) is 5. The van der Waals surface area contributed by atoms with Crippen molar-refractivity contribution in [2.75, 3.05) is 17.5 Å². The topological polar surface area (TPSA) is 96.0 Å². The van der Waals surface area contributed by atoms with Gasteiger partial charge in [0.1, 0.15) is 24.2 Å². The molecule has 232 valence electrons. The number of nitrogens with one attached hydrogen (secondary N) is 1. The second kappa shape index (κ2) is 15.4. The summed E-state index contributed by atoms with van der Waals surface area (Å²) in [6.45, 7) is 6.90. The fourth-order valence-electron chi connectivity index (χ4n) is 4.35. The second-order valence-electron chi connectivity index (χ2n) is 9.86. The Morgan fingerprint density at radius 3 is 2.07 bits per heavy atom. The van der Waals surface area contributed by atoms with E-state index in [1.165, 1.54) is 41.3 Å². The quantitative estimate of drug-likeness (QED) is 0.216. The molecule has 2 amide bonds. The first-order valence-corrected chi connectivity index (χ1v) is 16.2. The van der Waals surface area contributed by atoms with E-state index >= 15 is 0 Å². The zero-order valence-corrected chi connectivity index (χ0v) is 26.8. The van der Waals surface area contributed by atoms with Gasteiger partial charge in [0, 0.05) is 28.2 Å². The van der Waals surface area contributed by atoms with Gasteiger partial charge in [0.25, 0.3) is 10.0 Å². The number of nitrogens with zero attached hydrogens (tertiary/aromatic N) is 2. The van der Waals surface area contributed by atoms with E-state index in [9.17, 15) is 22.4 Å². The Morgan fingerprint density at radius 2 is 1.53 bits per heavy atom. The largest absolute Gasteiger partial charge is 0.494 e. The lowest BCUT2D eigenvalue weighted by molar-refractivity contribution is -0.140. The summed E-state index contributed by atoms with van der Waals surface area (Å²) in [7, 11) is -4.34. The molecule has 0 heterocycles. The molecule has 3 aromatic rings. The molecule has 2 atom stereocenters. The molecule has 12 heteroatoms. The van der Waals surface area contributed by atoms with Crippen molar-refractivity contribution in [3.63, 3.8) is 0 Å². The molecule has 0 radical (unpaired) electrons. The number of sulfonamides is 1. The molecule has 3 aromatic carbocycles. The van der Waals surface area contributed by atoms with E-state index in [0.717, 1.165) is 16.4 Å². The number of anilines is 1. The summed E-state index contributed by atoms with van der Waals surface area (Å²) in [5.41, 5.74) is 0.480. The van der Waals surface area contributed by atoms with Gasteiger partial charge in [-0.3, -0.25) is 13.9 Å². The fraction of sp³-hybridized carbons (Fsp3) is 0.355. The van der Waals surface area contributed by atoms with Crippen molar-refractivity contribution >= 4 is 50.7 Å². The maximum atomic E-state index is 14.2. The Hall–Kier alpha value is -3.34. The van der Waals surface area contributed by atoms with Crippen molar-refractivity contribution in [1.29, 1.82) is 0 Å². The molecule has 0 aromatic heterocycles. The van der Waals surface area contributed by atoms with Crippen LogP contribution in [0.3, 0.4) is 0 Å². The van der Waals surface area contributed by atoms with Gasteiger partial charge in [0.05, 0.1) is 17.2 Å². The van der Waals surface area contributed by atoms with Crippen molar-refractivity contribution in [3.05, 3.63) is 88.2 Å². The van der Waals surface area contributed by atoms with Crippen LogP contribution in [0.2, 0.25) is 10.0 Å². The molecular weight excluding hydrogens is 616 g/mol. The number of hydrogen-bond donors (Lipinski definition) is 1. The normalized spacial score (nSPS) is 12.7. The van der Waals surface area contributed by atoms with Crippen LogP contribution in [-0.4, -0.2) is 50.4 Å². The molecule has 0 aliphatic rings. The molecule has 0 saturated carbocycles. The van der Waals surface area contributed by atoms with Crippen LogP contribution >= 0.6 is 23.2 Å². The summed E-state index contributed by atoms with van der Waals surface area (Å²) in [6, 6.07) is 14.3. The first-order valence-electron chi connectivity index (χ1n) is 14.0. The highest BCUT2D eigenvalue weighted by atomic mass is 35.5. The molecule has 3 rings (SSSR count). The number of rotatable bonds is 14. The van der Waals surface area contributed by atoms with Crippen LogP contribution in [0.25, 0.3) is 0 Å². The van der Waals surface area contributed by atoms with Crippen molar-refractivity contribution in [1.82, 2.24) is 10.2 Å². The van der Waals surface area contributed by atoms with Crippen molar-refractivity contribution in [2.45, 2.75) is 64.1 Å². The van der Waals surface area contributed by atoms with Crippen LogP contribution < -0.4 is 14.4 Å². The zero-order chi connectivity index (χ0) is 31.7. The minimum absolute atomic E-state index is 0.0662. The van der Waals surface area contributed by atoms with Gasteiger partial charge in [0.15, 0.2) is 0 Å². The lowest BCUT2D eigenvalue weighted by Crippen LogP contribution is -2.53. The molecule has 0 aliphatic heterocycles. The van der Waals surface area contributed by atoms with Crippen molar-refractivity contribution < 1.29 is 27.1 Å². The van der Waals surface area contributed by atoms with E-state index in [-0.39, 0.29) is 29.6 Å². The molecule has 0 saturated heterocycles. The van der Waals surface area contributed by atoms with E-state index in [1.54, 1.807) is 32.0 Å². The van der Waals surface area contributed by atoms with Crippen LogP contribution in [0.4, 0.5) is 10.1 Å². The third-order valence-electron chi connectivity index (χ3n) is 6.89. The molecule has 8 nitrogen and oxygen atoms in total. The summed E-state index contributed by atoms with van der Waals surface area (Å²) >= 11 is 12.9. The number of amides is 2. The maximum Gasteiger partial charge on any atom is 0.264 e.